The number of carbonyl (C=O) groups is 1. The molecule has 0 saturated heterocycles. The Kier molecular flexibility index (Phi) is 3.12. The molecule has 108 valence electrons. The monoisotopic (exact) mass is 288 g/mol. The van der Waals surface area contributed by atoms with Gasteiger partial charge in [-0.3, -0.25) is 4.79 Å². The highest BCUT2D eigenvalue weighted by Crippen LogP contribution is 2.33. The lowest BCUT2D eigenvalue weighted by Gasteiger charge is -2.18. The van der Waals surface area contributed by atoms with E-state index in [1.54, 1.807) is 11.0 Å². The van der Waals surface area contributed by atoms with E-state index in [0.29, 0.717) is 12.2 Å². The molecule has 1 heterocycles. The molecule has 0 aromatic heterocycles. The topological polar surface area (TPSA) is 46.3 Å². The van der Waals surface area contributed by atoms with Crippen LogP contribution in [-0.4, -0.2) is 12.5 Å². The first-order valence-electron chi connectivity index (χ1n) is 6.63. The Morgan fingerprint density at radius 1 is 1.19 bits per heavy atom. The maximum Gasteiger partial charge on any atom is 0.258 e. The third kappa shape index (κ3) is 2.24. The number of halogens is 2. The number of benzene rings is 2. The number of rotatable bonds is 1. The summed E-state index contributed by atoms with van der Waals surface area (Å²) in [5, 5.41) is 0. The third-order valence-corrected chi connectivity index (χ3v) is 3.77. The number of aryl methyl sites for hydroxylation is 1. The molecule has 1 amide bonds. The van der Waals surface area contributed by atoms with Crippen molar-refractivity contribution in [1.82, 2.24) is 0 Å². The SMILES string of the molecule is Cc1cc2c(cc1N)N(C(=O)c1ccc(F)c(F)c1)CC2. The summed E-state index contributed by atoms with van der Waals surface area (Å²) in [6, 6.07) is 6.89. The van der Waals surface area contributed by atoms with Gasteiger partial charge in [0.2, 0.25) is 0 Å². The van der Waals surface area contributed by atoms with Crippen LogP contribution in [0.25, 0.3) is 0 Å². The molecule has 0 saturated carbocycles. The summed E-state index contributed by atoms with van der Waals surface area (Å²) < 4.78 is 26.2. The van der Waals surface area contributed by atoms with Crippen molar-refractivity contribution in [3.8, 4) is 0 Å². The van der Waals surface area contributed by atoms with Crippen molar-refractivity contribution < 1.29 is 13.6 Å². The molecule has 1 aliphatic heterocycles. The molecule has 0 unspecified atom stereocenters. The van der Waals surface area contributed by atoms with E-state index >= 15 is 0 Å². The number of carbonyl (C=O) groups excluding carboxylic acids is 1. The summed E-state index contributed by atoms with van der Waals surface area (Å²) in [5.74, 6) is -2.34. The molecule has 21 heavy (non-hydrogen) atoms. The molecule has 3 nitrogen and oxygen atoms in total. The van der Waals surface area contributed by atoms with Crippen molar-refractivity contribution >= 4 is 17.3 Å². The maximum absolute atomic E-state index is 13.3. The predicted octanol–water partition coefficient (Wildman–Crippen LogP) is 3.06. The molecular formula is C16H14F2N2O. The summed E-state index contributed by atoms with van der Waals surface area (Å²) in [4.78, 5) is 14.0. The highest BCUT2D eigenvalue weighted by molar-refractivity contribution is 6.07. The van der Waals surface area contributed by atoms with E-state index in [2.05, 4.69) is 0 Å². The summed E-state index contributed by atoms with van der Waals surface area (Å²) in [6.45, 7) is 2.42. The molecule has 0 spiro atoms. The van der Waals surface area contributed by atoms with Crippen LogP contribution in [0, 0.1) is 18.6 Å². The minimum Gasteiger partial charge on any atom is -0.398 e. The third-order valence-electron chi connectivity index (χ3n) is 3.77. The van der Waals surface area contributed by atoms with E-state index in [0.717, 1.165) is 35.4 Å². The Balaban J connectivity index is 1.98. The first-order valence-corrected chi connectivity index (χ1v) is 6.63. The Hall–Kier alpha value is -2.43. The van der Waals surface area contributed by atoms with E-state index in [1.807, 2.05) is 13.0 Å². The Morgan fingerprint density at radius 2 is 1.95 bits per heavy atom. The second-order valence-electron chi connectivity index (χ2n) is 5.17. The zero-order valence-corrected chi connectivity index (χ0v) is 11.5. The molecule has 0 fully saturated rings. The number of hydrogen-bond acceptors (Lipinski definition) is 2. The molecule has 1 aliphatic rings. The van der Waals surface area contributed by atoms with Crippen LogP contribution in [0.3, 0.4) is 0 Å². The van der Waals surface area contributed by atoms with Gasteiger partial charge in [-0.05, 0) is 48.7 Å². The number of fused-ring (bicyclic) bond motifs is 1. The fourth-order valence-electron chi connectivity index (χ4n) is 2.57. The van der Waals surface area contributed by atoms with Crippen LogP contribution in [0.15, 0.2) is 30.3 Å². The first kappa shape index (κ1) is 13.5. The maximum atomic E-state index is 13.3. The summed E-state index contributed by atoms with van der Waals surface area (Å²) in [6.07, 6.45) is 0.728. The van der Waals surface area contributed by atoms with Gasteiger partial charge in [-0.25, -0.2) is 8.78 Å². The average molecular weight is 288 g/mol. The second kappa shape index (κ2) is 4.84. The molecule has 0 bridgehead atoms. The molecule has 0 aliphatic carbocycles. The summed E-state index contributed by atoms with van der Waals surface area (Å²) >= 11 is 0. The van der Waals surface area contributed by atoms with Gasteiger partial charge >= 0.3 is 0 Å². The van der Waals surface area contributed by atoms with Gasteiger partial charge in [-0.15, -0.1) is 0 Å². The zero-order chi connectivity index (χ0) is 15.1. The second-order valence-corrected chi connectivity index (χ2v) is 5.17. The van der Waals surface area contributed by atoms with Crippen LogP contribution in [-0.2, 0) is 6.42 Å². The van der Waals surface area contributed by atoms with Gasteiger partial charge in [0.15, 0.2) is 11.6 Å². The largest absolute Gasteiger partial charge is 0.398 e. The standard InChI is InChI=1S/C16H14F2N2O/c1-9-6-10-4-5-20(15(10)8-14(9)19)16(21)11-2-3-12(17)13(18)7-11/h2-3,6-8H,4-5,19H2,1H3. The molecule has 2 aromatic rings. The lowest BCUT2D eigenvalue weighted by molar-refractivity contribution is 0.0989. The first-order chi connectivity index (χ1) is 9.97. The number of nitrogens with two attached hydrogens (primary N) is 1. The Morgan fingerprint density at radius 3 is 2.67 bits per heavy atom. The highest BCUT2D eigenvalue weighted by Gasteiger charge is 2.26. The van der Waals surface area contributed by atoms with Gasteiger partial charge in [0.1, 0.15) is 0 Å². The fraction of sp³-hybridized carbons (Fsp3) is 0.188. The van der Waals surface area contributed by atoms with Crippen molar-refractivity contribution in [2.45, 2.75) is 13.3 Å². The van der Waals surface area contributed by atoms with Crippen LogP contribution < -0.4 is 10.6 Å². The van der Waals surface area contributed by atoms with Crippen LogP contribution in [0.1, 0.15) is 21.5 Å². The van der Waals surface area contributed by atoms with Crippen LogP contribution in [0.4, 0.5) is 20.2 Å². The van der Waals surface area contributed by atoms with E-state index in [4.69, 9.17) is 5.73 Å². The summed E-state index contributed by atoms with van der Waals surface area (Å²) in [7, 11) is 0. The Labute approximate surface area is 121 Å². The van der Waals surface area contributed by atoms with Gasteiger partial charge in [0.05, 0.1) is 0 Å². The number of anilines is 2. The van der Waals surface area contributed by atoms with E-state index in [1.165, 1.54) is 6.07 Å². The number of nitrogens with zero attached hydrogens (tertiary/aromatic N) is 1. The lowest BCUT2D eigenvalue weighted by Crippen LogP contribution is -2.29. The smallest absolute Gasteiger partial charge is 0.258 e. The number of nitrogen functional groups attached to an aromatic ring is 1. The quantitative estimate of drug-likeness (QED) is 0.820. The van der Waals surface area contributed by atoms with Crippen LogP contribution in [0.2, 0.25) is 0 Å². The Bertz CT molecular complexity index is 743. The van der Waals surface area contributed by atoms with Gasteiger partial charge in [-0.1, -0.05) is 6.07 Å². The van der Waals surface area contributed by atoms with Crippen molar-refractivity contribution in [2.24, 2.45) is 0 Å². The average Bonchev–Trinajstić information content (AvgIpc) is 2.84. The lowest BCUT2D eigenvalue weighted by atomic mass is 10.1. The molecule has 2 N–H and O–H groups in total. The minimum absolute atomic E-state index is 0.126. The summed E-state index contributed by atoms with van der Waals surface area (Å²) in [5.41, 5.74) is 9.38. The van der Waals surface area contributed by atoms with Gasteiger partial charge in [0, 0.05) is 23.5 Å². The van der Waals surface area contributed by atoms with Crippen molar-refractivity contribution in [1.29, 1.82) is 0 Å². The van der Waals surface area contributed by atoms with Gasteiger partial charge in [-0.2, -0.15) is 0 Å². The van der Waals surface area contributed by atoms with Crippen LogP contribution >= 0.6 is 0 Å². The van der Waals surface area contributed by atoms with Crippen LogP contribution in [0.5, 0.6) is 0 Å². The number of hydrogen-bond donors (Lipinski definition) is 1. The van der Waals surface area contributed by atoms with E-state index in [9.17, 15) is 13.6 Å². The molecule has 0 atom stereocenters. The minimum atomic E-state index is -1.02. The van der Waals surface area contributed by atoms with Crippen molar-refractivity contribution in [3.63, 3.8) is 0 Å². The van der Waals surface area contributed by atoms with Gasteiger partial charge in [0.25, 0.3) is 5.91 Å². The number of amides is 1. The molecule has 5 heteroatoms. The fourth-order valence-corrected chi connectivity index (χ4v) is 2.57. The van der Waals surface area contributed by atoms with Crippen molar-refractivity contribution in [3.05, 3.63) is 58.7 Å². The van der Waals surface area contributed by atoms with Gasteiger partial charge < -0.3 is 10.6 Å². The van der Waals surface area contributed by atoms with E-state index < -0.39 is 11.6 Å². The highest BCUT2D eigenvalue weighted by atomic mass is 19.2. The molecular weight excluding hydrogens is 274 g/mol. The normalized spacial score (nSPS) is 13.4. The van der Waals surface area contributed by atoms with E-state index in [-0.39, 0.29) is 11.5 Å². The molecule has 0 radical (unpaired) electrons. The predicted molar refractivity (Wildman–Crippen MR) is 77.3 cm³/mol. The molecule has 2 aromatic carbocycles. The van der Waals surface area contributed by atoms with Crippen molar-refractivity contribution in [2.75, 3.05) is 17.2 Å². The molecule has 3 rings (SSSR count). The zero-order valence-electron chi connectivity index (χ0n) is 11.5.